The highest BCUT2D eigenvalue weighted by molar-refractivity contribution is 7.89. The smallest absolute Gasteiger partial charge is 0.213 e. The summed E-state index contributed by atoms with van der Waals surface area (Å²) in [6.45, 7) is 4.84. The van der Waals surface area contributed by atoms with Gasteiger partial charge in [-0.2, -0.15) is 5.10 Å². The molecule has 1 heterocycles. The van der Waals surface area contributed by atoms with E-state index in [1.807, 2.05) is 16.9 Å². The molecule has 1 N–H and O–H groups in total. The Morgan fingerprint density at radius 1 is 1.37 bits per heavy atom. The van der Waals surface area contributed by atoms with Gasteiger partial charge in [-0.15, -0.1) is 0 Å². The van der Waals surface area contributed by atoms with Crippen LogP contribution in [0, 0.1) is 0 Å². The van der Waals surface area contributed by atoms with Gasteiger partial charge >= 0.3 is 0 Å². The Morgan fingerprint density at radius 3 is 2.58 bits per heavy atom. The predicted octanol–water partition coefficient (Wildman–Crippen LogP) is 0.704. The van der Waals surface area contributed by atoms with Crippen molar-refractivity contribution in [2.45, 2.75) is 32.4 Å². The first-order valence-corrected chi connectivity index (χ1v) is 8.08. The van der Waals surface area contributed by atoms with Crippen molar-refractivity contribution < 1.29 is 8.42 Å². The molecule has 2 atom stereocenters. The van der Waals surface area contributed by atoms with Gasteiger partial charge in [-0.25, -0.2) is 12.7 Å². The van der Waals surface area contributed by atoms with Crippen LogP contribution in [0.2, 0.25) is 0 Å². The topological polar surface area (TPSA) is 67.2 Å². The zero-order valence-corrected chi connectivity index (χ0v) is 12.9. The molecule has 0 saturated heterocycles. The van der Waals surface area contributed by atoms with Crippen molar-refractivity contribution in [3.05, 3.63) is 18.5 Å². The summed E-state index contributed by atoms with van der Waals surface area (Å²) in [5, 5.41) is 7.54. The highest BCUT2D eigenvalue weighted by Gasteiger charge is 2.15. The molecule has 1 aromatic heterocycles. The van der Waals surface area contributed by atoms with Gasteiger partial charge in [0, 0.05) is 32.5 Å². The Balaban J connectivity index is 2.30. The zero-order chi connectivity index (χ0) is 14.5. The minimum atomic E-state index is -3.08. The van der Waals surface area contributed by atoms with Crippen LogP contribution in [0.1, 0.15) is 26.3 Å². The number of rotatable bonds is 8. The molecular formula is C12H24N4O2S. The molecule has 110 valence electrons. The van der Waals surface area contributed by atoms with Crippen LogP contribution >= 0.6 is 0 Å². The first kappa shape index (κ1) is 16.1. The Labute approximate surface area is 115 Å². The predicted molar refractivity (Wildman–Crippen MR) is 76.5 cm³/mol. The number of hydrogen-bond donors (Lipinski definition) is 1. The number of hydrogen-bond acceptors (Lipinski definition) is 4. The van der Waals surface area contributed by atoms with Gasteiger partial charge in [-0.05, 0) is 32.9 Å². The average Bonchev–Trinajstić information content (AvgIpc) is 2.86. The van der Waals surface area contributed by atoms with Crippen molar-refractivity contribution in [3.8, 4) is 0 Å². The lowest BCUT2D eigenvalue weighted by molar-refractivity contribution is 0.366. The third kappa shape index (κ3) is 4.93. The highest BCUT2D eigenvalue weighted by atomic mass is 32.2. The van der Waals surface area contributed by atoms with Crippen molar-refractivity contribution in [3.63, 3.8) is 0 Å². The van der Waals surface area contributed by atoms with E-state index in [9.17, 15) is 8.42 Å². The maximum atomic E-state index is 11.6. The molecule has 0 bridgehead atoms. The third-order valence-corrected chi connectivity index (χ3v) is 5.18. The first-order valence-electron chi connectivity index (χ1n) is 6.47. The lowest BCUT2D eigenvalue weighted by Gasteiger charge is -2.22. The van der Waals surface area contributed by atoms with Crippen LogP contribution in [0.3, 0.4) is 0 Å². The third-order valence-electron chi connectivity index (χ3n) is 3.27. The summed E-state index contributed by atoms with van der Waals surface area (Å²) in [6, 6.07) is 2.37. The molecule has 0 unspecified atom stereocenters. The Morgan fingerprint density at radius 2 is 2.05 bits per heavy atom. The summed E-state index contributed by atoms with van der Waals surface area (Å²) in [7, 11) is 0.0376. The lowest BCUT2D eigenvalue weighted by Crippen LogP contribution is -2.35. The molecule has 0 aliphatic rings. The second-order valence-corrected chi connectivity index (χ2v) is 7.22. The average molecular weight is 288 g/mol. The summed E-state index contributed by atoms with van der Waals surface area (Å²) in [6.07, 6.45) is 4.29. The van der Waals surface area contributed by atoms with Gasteiger partial charge in [-0.3, -0.25) is 4.68 Å². The van der Waals surface area contributed by atoms with Crippen molar-refractivity contribution in [1.29, 1.82) is 0 Å². The Bertz CT molecular complexity index is 456. The van der Waals surface area contributed by atoms with E-state index in [2.05, 4.69) is 24.3 Å². The highest BCUT2D eigenvalue weighted by Crippen LogP contribution is 2.08. The fourth-order valence-electron chi connectivity index (χ4n) is 1.69. The van der Waals surface area contributed by atoms with Gasteiger partial charge < -0.3 is 5.32 Å². The molecule has 0 aromatic carbocycles. The molecule has 0 fully saturated rings. The molecule has 0 amide bonds. The second kappa shape index (κ2) is 7.02. The lowest BCUT2D eigenvalue weighted by atomic mass is 10.2. The normalized spacial score (nSPS) is 15.6. The van der Waals surface area contributed by atoms with Crippen LogP contribution in [-0.2, 0) is 10.0 Å². The summed E-state index contributed by atoms with van der Waals surface area (Å²) < 4.78 is 26.3. The summed E-state index contributed by atoms with van der Waals surface area (Å²) in [4.78, 5) is 0. The quantitative estimate of drug-likeness (QED) is 0.715. The fourth-order valence-corrected chi connectivity index (χ4v) is 2.56. The first-order chi connectivity index (χ1) is 8.84. The Kier molecular flexibility index (Phi) is 5.96. The van der Waals surface area contributed by atoms with Gasteiger partial charge in [0.05, 0.1) is 11.8 Å². The maximum Gasteiger partial charge on any atom is 0.213 e. The SMILES string of the molecule is C[C@H]([C@@H](C)NCCCS(=O)(=O)N(C)C)n1cccn1. The van der Waals surface area contributed by atoms with E-state index in [1.165, 1.54) is 4.31 Å². The van der Waals surface area contributed by atoms with Crippen LogP contribution in [0.25, 0.3) is 0 Å². The molecule has 1 rings (SSSR count). The van der Waals surface area contributed by atoms with Crippen LogP contribution in [0.15, 0.2) is 18.5 Å². The summed E-state index contributed by atoms with van der Waals surface area (Å²) in [5.41, 5.74) is 0. The van der Waals surface area contributed by atoms with E-state index in [0.29, 0.717) is 13.0 Å². The number of sulfonamides is 1. The molecular weight excluding hydrogens is 264 g/mol. The van der Waals surface area contributed by atoms with Crippen LogP contribution in [0.5, 0.6) is 0 Å². The van der Waals surface area contributed by atoms with Gasteiger partial charge in [0.1, 0.15) is 0 Å². The fraction of sp³-hybridized carbons (Fsp3) is 0.750. The van der Waals surface area contributed by atoms with Crippen LogP contribution in [-0.4, -0.2) is 54.9 Å². The van der Waals surface area contributed by atoms with E-state index in [1.54, 1.807) is 20.3 Å². The van der Waals surface area contributed by atoms with Gasteiger partial charge in [0.25, 0.3) is 0 Å². The van der Waals surface area contributed by atoms with Gasteiger partial charge in [-0.1, -0.05) is 0 Å². The summed E-state index contributed by atoms with van der Waals surface area (Å²) >= 11 is 0. The molecule has 0 aliphatic heterocycles. The summed E-state index contributed by atoms with van der Waals surface area (Å²) in [5.74, 6) is 0.176. The van der Waals surface area contributed by atoms with Crippen LogP contribution < -0.4 is 5.32 Å². The largest absolute Gasteiger partial charge is 0.312 e. The second-order valence-electron chi connectivity index (χ2n) is 4.92. The zero-order valence-electron chi connectivity index (χ0n) is 12.1. The monoisotopic (exact) mass is 288 g/mol. The maximum absolute atomic E-state index is 11.6. The molecule has 7 heteroatoms. The minimum absolute atomic E-state index is 0.176. The number of aromatic nitrogens is 2. The van der Waals surface area contributed by atoms with Crippen molar-refractivity contribution in [1.82, 2.24) is 19.4 Å². The number of nitrogens with one attached hydrogen (secondary N) is 1. The molecule has 0 spiro atoms. The van der Waals surface area contributed by atoms with Gasteiger partial charge in [0.2, 0.25) is 10.0 Å². The van der Waals surface area contributed by atoms with Crippen molar-refractivity contribution in [2.75, 3.05) is 26.4 Å². The molecule has 1 aromatic rings. The Hall–Kier alpha value is -0.920. The molecule has 19 heavy (non-hydrogen) atoms. The van der Waals surface area contributed by atoms with Crippen molar-refractivity contribution in [2.24, 2.45) is 0 Å². The van der Waals surface area contributed by atoms with E-state index in [4.69, 9.17) is 0 Å². The molecule has 0 saturated carbocycles. The molecule has 0 radical (unpaired) electrons. The minimum Gasteiger partial charge on any atom is -0.312 e. The van der Waals surface area contributed by atoms with E-state index >= 15 is 0 Å². The molecule has 6 nitrogen and oxygen atoms in total. The van der Waals surface area contributed by atoms with Gasteiger partial charge in [0.15, 0.2) is 0 Å². The van der Waals surface area contributed by atoms with Crippen molar-refractivity contribution >= 4 is 10.0 Å². The van der Waals surface area contributed by atoms with E-state index < -0.39 is 10.0 Å². The van der Waals surface area contributed by atoms with E-state index in [0.717, 1.165) is 0 Å². The van der Waals surface area contributed by atoms with E-state index in [-0.39, 0.29) is 17.8 Å². The molecule has 0 aliphatic carbocycles. The van der Waals surface area contributed by atoms with Crippen LogP contribution in [0.4, 0.5) is 0 Å². The number of nitrogens with zero attached hydrogens (tertiary/aromatic N) is 3. The standard InChI is InChI=1S/C12H24N4O2S/c1-11(12(2)16-9-5-8-14-16)13-7-6-10-19(17,18)15(3)4/h5,8-9,11-13H,6-7,10H2,1-4H3/t11-,12-/m1/s1.